The van der Waals surface area contributed by atoms with Crippen LogP contribution in [-0.2, 0) is 6.42 Å². The van der Waals surface area contributed by atoms with Crippen LogP contribution in [0.4, 0.5) is 10.1 Å². The number of benzene rings is 2. The molecule has 3 N–H and O–H groups in total. The van der Waals surface area contributed by atoms with Crippen molar-refractivity contribution < 1.29 is 9.13 Å². The summed E-state index contributed by atoms with van der Waals surface area (Å²) in [6, 6.07) is 8.59. The molecular weight excluding hydrogens is 389 g/mol. The molecule has 0 saturated carbocycles. The van der Waals surface area contributed by atoms with E-state index in [-0.39, 0.29) is 5.02 Å². The monoisotopic (exact) mass is 417 g/mol. The van der Waals surface area contributed by atoms with Gasteiger partial charge in [0.15, 0.2) is 0 Å². The average molecular weight is 418 g/mol. The number of unbranched alkanes of at least 4 members (excludes halogenated alkanes) is 1. The number of hydrogen-bond donors (Lipinski definition) is 2. The van der Waals surface area contributed by atoms with E-state index in [2.05, 4.69) is 30.2 Å². The van der Waals surface area contributed by atoms with Gasteiger partial charge in [0, 0.05) is 24.0 Å². The van der Waals surface area contributed by atoms with E-state index in [1.165, 1.54) is 6.07 Å². The third-order valence-electron chi connectivity index (χ3n) is 4.37. The molecule has 0 fully saturated rings. The number of nitrogens with zero attached hydrogens (tertiary/aromatic N) is 1. The molecule has 2 aromatic carbocycles. The Morgan fingerprint density at radius 2 is 2.07 bits per heavy atom. The van der Waals surface area contributed by atoms with Crippen molar-refractivity contribution in [1.29, 1.82) is 0 Å². The van der Waals surface area contributed by atoms with Crippen LogP contribution in [0.25, 0.3) is 0 Å². The second-order valence-corrected chi connectivity index (χ2v) is 7.08. The van der Waals surface area contributed by atoms with Gasteiger partial charge in [0.05, 0.1) is 5.02 Å². The lowest BCUT2D eigenvalue weighted by molar-refractivity contribution is 0.325. The van der Waals surface area contributed by atoms with Gasteiger partial charge >= 0.3 is 0 Å². The Balaban J connectivity index is 2.47. The molecule has 0 unspecified atom stereocenters. The van der Waals surface area contributed by atoms with Gasteiger partial charge in [0.1, 0.15) is 24.0 Å². The van der Waals surface area contributed by atoms with E-state index in [4.69, 9.17) is 22.1 Å². The zero-order chi connectivity index (χ0) is 21.2. The second-order valence-electron chi connectivity index (χ2n) is 6.67. The predicted molar refractivity (Wildman–Crippen MR) is 121 cm³/mol. The van der Waals surface area contributed by atoms with Crippen molar-refractivity contribution in [3.8, 4) is 5.75 Å². The molecule has 0 bridgehead atoms. The fourth-order valence-corrected chi connectivity index (χ4v) is 3.01. The number of aryl methyl sites for hydroxylation is 2. The third-order valence-corrected chi connectivity index (χ3v) is 4.66. The maximum atomic E-state index is 13.5. The zero-order valence-corrected chi connectivity index (χ0v) is 18.0. The average Bonchev–Trinajstić information content (AvgIpc) is 2.71. The minimum absolute atomic E-state index is 0.0564. The highest BCUT2D eigenvalue weighted by Crippen LogP contribution is 2.26. The van der Waals surface area contributed by atoms with Gasteiger partial charge in [-0.1, -0.05) is 44.0 Å². The van der Waals surface area contributed by atoms with Gasteiger partial charge in [-0.2, -0.15) is 0 Å². The van der Waals surface area contributed by atoms with Crippen LogP contribution in [0.3, 0.4) is 0 Å². The first-order valence-electron chi connectivity index (χ1n) is 9.91. The van der Waals surface area contributed by atoms with Crippen molar-refractivity contribution >= 4 is 23.1 Å². The van der Waals surface area contributed by atoms with Crippen molar-refractivity contribution in [3.05, 3.63) is 70.1 Å². The summed E-state index contributed by atoms with van der Waals surface area (Å²) in [5.74, 6) is 0.972. The number of anilines is 1. The number of nitrogens with two attached hydrogens (primary N) is 1. The largest absolute Gasteiger partial charge is 0.492 e. The summed E-state index contributed by atoms with van der Waals surface area (Å²) in [6.45, 7) is 7.12. The van der Waals surface area contributed by atoms with Crippen LogP contribution in [0.2, 0.25) is 5.02 Å². The van der Waals surface area contributed by atoms with E-state index >= 15 is 0 Å². The minimum Gasteiger partial charge on any atom is -0.492 e. The maximum Gasteiger partial charge on any atom is 0.141 e. The molecule has 0 spiro atoms. The topological polar surface area (TPSA) is 59.6 Å². The summed E-state index contributed by atoms with van der Waals surface area (Å²) in [5, 5.41) is 3.33. The number of hydrogen-bond acceptors (Lipinski definition) is 3. The first-order chi connectivity index (χ1) is 14.0. The van der Waals surface area contributed by atoms with Gasteiger partial charge in [0.25, 0.3) is 0 Å². The number of nitrogens with one attached hydrogen (secondary N) is 1. The highest BCUT2D eigenvalue weighted by Gasteiger charge is 2.13. The Bertz CT molecular complexity index is 881. The predicted octanol–water partition coefficient (Wildman–Crippen LogP) is 5.86. The molecular formula is C23H29ClFN3O. The first-order valence-corrected chi connectivity index (χ1v) is 10.3. The SMILES string of the molecule is CCC/C=C/N=C(Nc1ccc(F)c(Cl)c1)c1cc(OCCN)c(CC)cc1C. The number of rotatable bonds is 9. The molecule has 4 nitrogen and oxygen atoms in total. The zero-order valence-electron chi connectivity index (χ0n) is 17.3. The van der Waals surface area contributed by atoms with Crippen molar-refractivity contribution in [1.82, 2.24) is 0 Å². The molecule has 2 rings (SSSR count). The van der Waals surface area contributed by atoms with E-state index in [0.29, 0.717) is 24.7 Å². The number of halogens is 2. The van der Waals surface area contributed by atoms with Crippen LogP contribution in [0.1, 0.15) is 43.4 Å². The first kappa shape index (κ1) is 22.9. The van der Waals surface area contributed by atoms with Crippen LogP contribution >= 0.6 is 11.6 Å². The minimum atomic E-state index is -0.459. The molecule has 0 aliphatic rings. The normalized spacial score (nSPS) is 11.9. The molecule has 156 valence electrons. The fraction of sp³-hybridized carbons (Fsp3) is 0.348. The summed E-state index contributed by atoms with van der Waals surface area (Å²) in [5.41, 5.74) is 9.34. The fourth-order valence-electron chi connectivity index (χ4n) is 2.83. The van der Waals surface area contributed by atoms with Crippen LogP contribution in [-0.4, -0.2) is 19.0 Å². The lowest BCUT2D eigenvalue weighted by Gasteiger charge is -2.17. The van der Waals surface area contributed by atoms with Gasteiger partial charge in [-0.25, -0.2) is 9.38 Å². The third kappa shape index (κ3) is 6.58. The Morgan fingerprint density at radius 3 is 2.72 bits per heavy atom. The molecule has 6 heteroatoms. The molecule has 2 aromatic rings. The maximum absolute atomic E-state index is 13.5. The summed E-state index contributed by atoms with van der Waals surface area (Å²) >= 11 is 5.94. The number of allylic oxidation sites excluding steroid dienone is 1. The molecule has 0 heterocycles. The van der Waals surface area contributed by atoms with E-state index in [9.17, 15) is 4.39 Å². The molecule has 0 aliphatic carbocycles. The summed E-state index contributed by atoms with van der Waals surface area (Å²) in [7, 11) is 0. The lowest BCUT2D eigenvalue weighted by atomic mass is 10.0. The van der Waals surface area contributed by atoms with Crippen molar-refractivity contribution in [3.63, 3.8) is 0 Å². The Labute approximate surface area is 177 Å². The molecule has 0 radical (unpaired) electrons. The summed E-state index contributed by atoms with van der Waals surface area (Å²) < 4.78 is 19.4. The molecule has 0 saturated heterocycles. The number of amidine groups is 1. The smallest absolute Gasteiger partial charge is 0.141 e. The standard InChI is InChI=1S/C23H29ClFN3O/c1-4-6-7-11-27-23(28-18-8-9-21(25)20(24)14-18)19-15-22(29-12-10-26)17(5-2)13-16(19)3/h7-9,11,13-15H,4-6,10,12,26H2,1-3H3,(H,27,28)/b11-7+. The summed E-state index contributed by atoms with van der Waals surface area (Å²) in [6.07, 6.45) is 6.64. The summed E-state index contributed by atoms with van der Waals surface area (Å²) in [4.78, 5) is 4.62. The van der Waals surface area contributed by atoms with Crippen LogP contribution in [0.15, 0.2) is 47.6 Å². The van der Waals surface area contributed by atoms with E-state index in [0.717, 1.165) is 41.7 Å². The second kappa shape index (κ2) is 11.6. The lowest BCUT2D eigenvalue weighted by Crippen LogP contribution is -2.17. The van der Waals surface area contributed by atoms with Crippen molar-refractivity contribution in [2.45, 2.75) is 40.0 Å². The van der Waals surface area contributed by atoms with Crippen LogP contribution < -0.4 is 15.8 Å². The highest BCUT2D eigenvalue weighted by atomic mass is 35.5. The Hall–Kier alpha value is -2.37. The van der Waals surface area contributed by atoms with E-state index in [1.807, 2.05) is 19.1 Å². The number of aliphatic imine (C=N–C) groups is 1. The molecule has 0 amide bonds. The van der Waals surface area contributed by atoms with E-state index in [1.54, 1.807) is 18.3 Å². The van der Waals surface area contributed by atoms with E-state index < -0.39 is 5.82 Å². The van der Waals surface area contributed by atoms with Gasteiger partial charge in [0.2, 0.25) is 0 Å². The van der Waals surface area contributed by atoms with Gasteiger partial charge in [-0.3, -0.25) is 0 Å². The van der Waals surface area contributed by atoms with Crippen molar-refractivity contribution in [2.75, 3.05) is 18.5 Å². The molecule has 0 atom stereocenters. The van der Waals surface area contributed by atoms with Crippen LogP contribution in [0.5, 0.6) is 5.75 Å². The molecule has 29 heavy (non-hydrogen) atoms. The van der Waals surface area contributed by atoms with Gasteiger partial charge in [-0.15, -0.1) is 0 Å². The number of ether oxygens (including phenoxy) is 1. The van der Waals surface area contributed by atoms with Crippen LogP contribution in [0, 0.1) is 12.7 Å². The van der Waals surface area contributed by atoms with Crippen molar-refractivity contribution in [2.24, 2.45) is 10.7 Å². The molecule has 0 aromatic heterocycles. The quantitative estimate of drug-likeness (QED) is 0.396. The van der Waals surface area contributed by atoms with Gasteiger partial charge < -0.3 is 15.8 Å². The molecule has 0 aliphatic heterocycles. The Kier molecular flexibility index (Phi) is 9.16. The Morgan fingerprint density at radius 1 is 1.28 bits per heavy atom. The highest BCUT2D eigenvalue weighted by molar-refractivity contribution is 6.31. The van der Waals surface area contributed by atoms with Gasteiger partial charge in [-0.05, 0) is 55.2 Å².